The van der Waals surface area contributed by atoms with Gasteiger partial charge in [0.1, 0.15) is 17.2 Å². The normalized spacial score (nSPS) is 13.6. The van der Waals surface area contributed by atoms with Crippen LogP contribution >= 0.6 is 0 Å². The highest BCUT2D eigenvalue weighted by Gasteiger charge is 2.31. The minimum Gasteiger partial charge on any atom is -0.481 e. The molecule has 0 fully saturated rings. The van der Waals surface area contributed by atoms with Gasteiger partial charge in [0.25, 0.3) is 11.3 Å². The summed E-state index contributed by atoms with van der Waals surface area (Å²) in [4.78, 5) is 22.3. The zero-order valence-corrected chi connectivity index (χ0v) is 14.2. The van der Waals surface area contributed by atoms with Gasteiger partial charge in [-0.2, -0.15) is 0 Å². The molecular weight excluding hydrogens is 362 g/mol. The van der Waals surface area contributed by atoms with Crippen molar-refractivity contribution in [3.05, 3.63) is 42.5 Å². The van der Waals surface area contributed by atoms with Crippen LogP contribution in [0.2, 0.25) is 0 Å². The van der Waals surface area contributed by atoms with Gasteiger partial charge in [-0.15, -0.1) is 0 Å². The first-order valence-electron chi connectivity index (χ1n) is 7.64. The summed E-state index contributed by atoms with van der Waals surface area (Å²) in [5.41, 5.74) is 1.37. The number of nitrogens with zero attached hydrogens (tertiary/aromatic N) is 1. The monoisotopic (exact) mass is 377 g/mol. The number of rotatable bonds is 7. The lowest BCUT2D eigenvalue weighted by Crippen LogP contribution is -2.42. The third-order valence-electron chi connectivity index (χ3n) is 3.98. The van der Waals surface area contributed by atoms with Crippen LogP contribution in [0, 0.1) is 0 Å². The summed E-state index contributed by atoms with van der Waals surface area (Å²) in [6, 6.07) is 10.4. The molecule has 0 spiro atoms. The standard InChI is InChI=1S/C17H15NO7S/c19-16(20)8-6-13(17(21)22)18(26(23)24)10-5-7-15-12(9-10)11-3-1-2-4-14(11)25-15/h1-5,7,9,13H,6,8H2,(H,19,20)(H,21,22)(H,23,24). The second-order valence-electron chi connectivity index (χ2n) is 5.62. The van der Waals surface area contributed by atoms with Crippen LogP contribution in [0.5, 0.6) is 0 Å². The van der Waals surface area contributed by atoms with E-state index in [-0.39, 0.29) is 12.1 Å². The number of hydrogen-bond donors (Lipinski definition) is 3. The number of furan rings is 1. The predicted octanol–water partition coefficient (Wildman–Crippen LogP) is 2.85. The van der Waals surface area contributed by atoms with E-state index in [9.17, 15) is 23.5 Å². The van der Waals surface area contributed by atoms with Crippen molar-refractivity contribution < 1.29 is 33.0 Å². The fourth-order valence-corrected chi connectivity index (χ4v) is 3.54. The van der Waals surface area contributed by atoms with Crippen molar-refractivity contribution in [2.75, 3.05) is 4.31 Å². The fraction of sp³-hybridized carbons (Fsp3) is 0.176. The van der Waals surface area contributed by atoms with E-state index in [2.05, 4.69) is 0 Å². The summed E-state index contributed by atoms with van der Waals surface area (Å²) >= 11 is -2.66. The molecule has 136 valence electrons. The molecule has 0 aliphatic carbocycles. The molecule has 0 saturated carbocycles. The highest BCUT2D eigenvalue weighted by atomic mass is 32.2. The van der Waals surface area contributed by atoms with Crippen molar-refractivity contribution in [1.82, 2.24) is 0 Å². The third-order valence-corrected chi connectivity index (χ3v) is 4.78. The quantitative estimate of drug-likeness (QED) is 0.540. The van der Waals surface area contributed by atoms with E-state index in [1.165, 1.54) is 6.07 Å². The van der Waals surface area contributed by atoms with E-state index in [4.69, 9.17) is 9.52 Å². The van der Waals surface area contributed by atoms with Crippen molar-refractivity contribution in [3.8, 4) is 0 Å². The number of aliphatic carboxylic acids is 2. The van der Waals surface area contributed by atoms with Crippen molar-refractivity contribution >= 4 is 50.8 Å². The lowest BCUT2D eigenvalue weighted by molar-refractivity contribution is -0.139. The number of para-hydroxylation sites is 1. The smallest absolute Gasteiger partial charge is 0.327 e. The van der Waals surface area contributed by atoms with Gasteiger partial charge in [0.05, 0.1) is 5.69 Å². The highest BCUT2D eigenvalue weighted by molar-refractivity contribution is 7.80. The molecule has 9 heteroatoms. The van der Waals surface area contributed by atoms with E-state index in [0.29, 0.717) is 16.6 Å². The van der Waals surface area contributed by atoms with E-state index in [1.807, 2.05) is 18.2 Å². The molecular formula is C17H15NO7S. The minimum atomic E-state index is -2.66. The number of carboxylic acids is 2. The Kier molecular flexibility index (Phi) is 4.92. The van der Waals surface area contributed by atoms with Crippen LogP contribution in [0.4, 0.5) is 5.69 Å². The Balaban J connectivity index is 2.09. The first-order valence-corrected chi connectivity index (χ1v) is 8.71. The summed E-state index contributed by atoms with van der Waals surface area (Å²) in [6.07, 6.45) is -0.761. The summed E-state index contributed by atoms with van der Waals surface area (Å²) in [6.45, 7) is 0. The zero-order chi connectivity index (χ0) is 18.8. The predicted molar refractivity (Wildman–Crippen MR) is 95.3 cm³/mol. The van der Waals surface area contributed by atoms with Crippen LogP contribution in [0.1, 0.15) is 12.8 Å². The Labute approximate surface area is 150 Å². The molecule has 2 unspecified atom stereocenters. The lowest BCUT2D eigenvalue weighted by atomic mass is 10.1. The van der Waals surface area contributed by atoms with Crippen LogP contribution < -0.4 is 4.31 Å². The average molecular weight is 377 g/mol. The van der Waals surface area contributed by atoms with Gasteiger partial charge >= 0.3 is 11.9 Å². The third kappa shape index (κ3) is 3.39. The van der Waals surface area contributed by atoms with Gasteiger partial charge in [0.15, 0.2) is 0 Å². The van der Waals surface area contributed by atoms with Gasteiger partial charge in [-0.25, -0.2) is 9.00 Å². The molecule has 3 N–H and O–H groups in total. The Bertz CT molecular complexity index is 1010. The molecule has 1 heterocycles. The van der Waals surface area contributed by atoms with E-state index >= 15 is 0 Å². The molecule has 26 heavy (non-hydrogen) atoms. The SMILES string of the molecule is O=C(O)CCC(C(=O)O)N(c1ccc2oc3ccccc3c2c1)S(=O)O. The maximum Gasteiger partial charge on any atom is 0.327 e. The van der Waals surface area contributed by atoms with Crippen LogP contribution in [0.15, 0.2) is 46.9 Å². The van der Waals surface area contributed by atoms with Crippen LogP contribution in [-0.4, -0.2) is 37.0 Å². The second-order valence-corrected chi connectivity index (χ2v) is 6.48. The van der Waals surface area contributed by atoms with Gasteiger partial charge in [0.2, 0.25) is 0 Å². The average Bonchev–Trinajstić information content (AvgIpc) is 2.95. The van der Waals surface area contributed by atoms with Gasteiger partial charge < -0.3 is 14.6 Å². The molecule has 8 nitrogen and oxygen atoms in total. The van der Waals surface area contributed by atoms with Crippen LogP contribution in [-0.2, 0) is 20.9 Å². The Morgan fingerprint density at radius 3 is 2.42 bits per heavy atom. The summed E-state index contributed by atoms with van der Waals surface area (Å²) in [7, 11) is 0. The van der Waals surface area contributed by atoms with E-state index in [0.717, 1.165) is 9.69 Å². The Morgan fingerprint density at radius 2 is 1.77 bits per heavy atom. The molecule has 1 aromatic heterocycles. The number of anilines is 1. The largest absolute Gasteiger partial charge is 0.481 e. The summed E-state index contributed by atoms with van der Waals surface area (Å²) in [5, 5.41) is 19.7. The van der Waals surface area contributed by atoms with Crippen molar-refractivity contribution in [3.63, 3.8) is 0 Å². The summed E-state index contributed by atoms with van der Waals surface area (Å²) < 4.78 is 27.9. The molecule has 2 atom stereocenters. The van der Waals surface area contributed by atoms with Crippen LogP contribution in [0.25, 0.3) is 21.9 Å². The molecule has 0 radical (unpaired) electrons. The number of hydrogen-bond acceptors (Lipinski definition) is 4. The molecule has 0 aliphatic rings. The zero-order valence-electron chi connectivity index (χ0n) is 13.4. The van der Waals surface area contributed by atoms with Gasteiger partial charge in [-0.3, -0.25) is 13.7 Å². The molecule has 0 saturated heterocycles. The molecule has 0 amide bonds. The number of carboxylic acid groups (broad SMARTS) is 2. The second kappa shape index (κ2) is 7.14. The highest BCUT2D eigenvalue weighted by Crippen LogP contribution is 2.33. The van der Waals surface area contributed by atoms with Crippen molar-refractivity contribution in [2.24, 2.45) is 0 Å². The van der Waals surface area contributed by atoms with Crippen LogP contribution in [0.3, 0.4) is 0 Å². The maximum atomic E-state index is 11.8. The maximum absolute atomic E-state index is 11.8. The van der Waals surface area contributed by atoms with E-state index < -0.39 is 35.7 Å². The molecule has 0 bridgehead atoms. The first-order chi connectivity index (χ1) is 12.4. The van der Waals surface area contributed by atoms with E-state index in [1.54, 1.807) is 18.2 Å². The molecule has 0 aliphatic heterocycles. The number of fused-ring (bicyclic) bond motifs is 3. The molecule has 3 rings (SSSR count). The minimum absolute atomic E-state index is 0.183. The van der Waals surface area contributed by atoms with Crippen molar-refractivity contribution in [1.29, 1.82) is 0 Å². The summed E-state index contributed by atoms with van der Waals surface area (Å²) in [5.74, 6) is -2.57. The van der Waals surface area contributed by atoms with Gasteiger partial charge in [-0.05, 0) is 30.7 Å². The topological polar surface area (TPSA) is 128 Å². The number of carbonyl (C=O) groups is 2. The lowest BCUT2D eigenvalue weighted by Gasteiger charge is -2.26. The molecule has 2 aromatic carbocycles. The number of benzene rings is 2. The van der Waals surface area contributed by atoms with Gasteiger partial charge in [-0.1, -0.05) is 18.2 Å². The van der Waals surface area contributed by atoms with Crippen molar-refractivity contribution in [2.45, 2.75) is 18.9 Å². The van der Waals surface area contributed by atoms with Gasteiger partial charge in [0, 0.05) is 17.2 Å². The Hall–Kier alpha value is -2.91. The Morgan fingerprint density at radius 1 is 1.08 bits per heavy atom. The fourth-order valence-electron chi connectivity index (χ4n) is 2.83. The first kappa shape index (κ1) is 17.9. The molecule has 3 aromatic rings.